The Balaban J connectivity index is 1.71. The second-order valence-electron chi connectivity index (χ2n) is 4.76. The Morgan fingerprint density at radius 3 is 2.90 bits per heavy atom. The van der Waals surface area contributed by atoms with Crippen molar-refractivity contribution in [3.63, 3.8) is 0 Å². The number of rotatable bonds is 5. The number of benzene rings is 1. The van der Waals surface area contributed by atoms with Crippen LogP contribution in [0.5, 0.6) is 0 Å². The van der Waals surface area contributed by atoms with Crippen molar-refractivity contribution in [3.05, 3.63) is 46.9 Å². The summed E-state index contributed by atoms with van der Waals surface area (Å²) in [4.78, 5) is 5.62. The molecule has 0 spiro atoms. The van der Waals surface area contributed by atoms with Crippen LogP contribution in [-0.4, -0.2) is 10.1 Å². The fraction of sp³-hybridized carbons (Fsp3) is 0.333. The van der Waals surface area contributed by atoms with Crippen molar-refractivity contribution in [1.82, 2.24) is 15.5 Å². The largest absolute Gasteiger partial charge is 0.340 e. The summed E-state index contributed by atoms with van der Waals surface area (Å²) in [5.41, 5.74) is 0. The van der Waals surface area contributed by atoms with Gasteiger partial charge in [0.25, 0.3) is 0 Å². The van der Waals surface area contributed by atoms with Gasteiger partial charge < -0.3 is 9.84 Å². The molecule has 1 N–H and O–H groups in total. The van der Waals surface area contributed by atoms with Gasteiger partial charge in [0.1, 0.15) is 0 Å². The van der Waals surface area contributed by atoms with Crippen LogP contribution in [0.1, 0.15) is 36.0 Å². The Morgan fingerprint density at radius 1 is 1.35 bits per heavy atom. The van der Waals surface area contributed by atoms with E-state index in [-0.39, 0.29) is 6.04 Å². The average molecular weight is 287 g/mol. The van der Waals surface area contributed by atoms with Crippen molar-refractivity contribution < 1.29 is 4.52 Å². The molecule has 0 unspecified atom stereocenters. The lowest BCUT2D eigenvalue weighted by Crippen LogP contribution is -2.20. The lowest BCUT2D eigenvalue weighted by molar-refractivity contribution is 0.374. The molecule has 2 aromatic heterocycles. The van der Waals surface area contributed by atoms with Gasteiger partial charge in [-0.1, -0.05) is 30.3 Å². The van der Waals surface area contributed by atoms with Gasteiger partial charge in [0.05, 0.1) is 6.04 Å². The maximum atomic E-state index is 5.05. The summed E-state index contributed by atoms with van der Waals surface area (Å²) in [6, 6.07) is 10.8. The molecular formula is C15H17N3OS. The predicted molar refractivity (Wildman–Crippen MR) is 80.7 cm³/mol. The minimum absolute atomic E-state index is 0.137. The highest BCUT2D eigenvalue weighted by molar-refractivity contribution is 7.19. The average Bonchev–Trinajstić information content (AvgIpc) is 3.05. The van der Waals surface area contributed by atoms with Gasteiger partial charge in [0.15, 0.2) is 5.82 Å². The van der Waals surface area contributed by atoms with Crippen LogP contribution in [0.25, 0.3) is 10.1 Å². The second kappa shape index (κ2) is 5.73. The van der Waals surface area contributed by atoms with Gasteiger partial charge in [0.2, 0.25) is 5.89 Å². The molecule has 2 heterocycles. The Morgan fingerprint density at radius 2 is 2.20 bits per heavy atom. The first-order valence-electron chi connectivity index (χ1n) is 6.77. The number of hydrogen-bond donors (Lipinski definition) is 1. The molecule has 20 heavy (non-hydrogen) atoms. The van der Waals surface area contributed by atoms with E-state index in [4.69, 9.17) is 4.52 Å². The normalized spacial score (nSPS) is 12.9. The standard InChI is InChI=1S/C15H17N3OS/c1-3-13(15-17-10(2)19-18-15)16-9-12-8-11-6-4-5-7-14(11)20-12/h4-8,13,16H,3,9H2,1-2H3/t13-/m0/s1. The molecule has 3 rings (SSSR count). The zero-order valence-electron chi connectivity index (χ0n) is 11.6. The number of thiophene rings is 1. The quantitative estimate of drug-likeness (QED) is 0.774. The highest BCUT2D eigenvalue weighted by atomic mass is 32.1. The van der Waals surface area contributed by atoms with E-state index in [2.05, 4.69) is 52.7 Å². The molecule has 0 aliphatic carbocycles. The van der Waals surface area contributed by atoms with E-state index < -0.39 is 0 Å². The Labute approximate surface area is 121 Å². The highest BCUT2D eigenvalue weighted by Crippen LogP contribution is 2.25. The number of fused-ring (bicyclic) bond motifs is 1. The van der Waals surface area contributed by atoms with Crippen LogP contribution in [0, 0.1) is 6.92 Å². The van der Waals surface area contributed by atoms with E-state index in [1.165, 1.54) is 15.0 Å². The summed E-state index contributed by atoms with van der Waals surface area (Å²) in [7, 11) is 0. The third kappa shape index (κ3) is 2.73. The van der Waals surface area contributed by atoms with Crippen molar-refractivity contribution in [1.29, 1.82) is 0 Å². The van der Waals surface area contributed by atoms with Gasteiger partial charge in [-0.3, -0.25) is 0 Å². The Kier molecular flexibility index (Phi) is 3.80. The zero-order valence-corrected chi connectivity index (χ0v) is 12.4. The van der Waals surface area contributed by atoms with Crippen LogP contribution >= 0.6 is 11.3 Å². The topological polar surface area (TPSA) is 51.0 Å². The van der Waals surface area contributed by atoms with Crippen LogP contribution < -0.4 is 5.32 Å². The van der Waals surface area contributed by atoms with Gasteiger partial charge in [-0.25, -0.2) is 0 Å². The molecule has 0 radical (unpaired) electrons. The fourth-order valence-electron chi connectivity index (χ4n) is 2.22. The molecule has 0 aliphatic heterocycles. The molecule has 0 amide bonds. The number of nitrogens with one attached hydrogen (secondary N) is 1. The van der Waals surface area contributed by atoms with Crippen molar-refractivity contribution in [2.75, 3.05) is 0 Å². The molecule has 0 saturated carbocycles. The van der Waals surface area contributed by atoms with Crippen molar-refractivity contribution >= 4 is 21.4 Å². The Hall–Kier alpha value is -1.72. The van der Waals surface area contributed by atoms with E-state index in [9.17, 15) is 0 Å². The first kappa shape index (κ1) is 13.3. The molecule has 0 fully saturated rings. The van der Waals surface area contributed by atoms with Gasteiger partial charge in [-0.2, -0.15) is 4.98 Å². The summed E-state index contributed by atoms with van der Waals surface area (Å²) in [6.07, 6.45) is 0.934. The minimum Gasteiger partial charge on any atom is -0.340 e. The minimum atomic E-state index is 0.137. The van der Waals surface area contributed by atoms with Crippen molar-refractivity contribution in [2.45, 2.75) is 32.9 Å². The molecule has 0 bridgehead atoms. The molecular weight excluding hydrogens is 270 g/mol. The van der Waals surface area contributed by atoms with Crippen LogP contribution in [0.15, 0.2) is 34.9 Å². The first-order chi connectivity index (χ1) is 9.76. The summed E-state index contributed by atoms with van der Waals surface area (Å²) >= 11 is 1.82. The van der Waals surface area contributed by atoms with Crippen LogP contribution in [0.3, 0.4) is 0 Å². The van der Waals surface area contributed by atoms with Gasteiger partial charge in [-0.15, -0.1) is 11.3 Å². The van der Waals surface area contributed by atoms with E-state index in [0.29, 0.717) is 5.89 Å². The van der Waals surface area contributed by atoms with Gasteiger partial charge >= 0.3 is 0 Å². The molecule has 3 aromatic rings. The van der Waals surface area contributed by atoms with Crippen LogP contribution in [0.4, 0.5) is 0 Å². The third-order valence-electron chi connectivity index (χ3n) is 3.26. The smallest absolute Gasteiger partial charge is 0.223 e. The van der Waals surface area contributed by atoms with E-state index in [0.717, 1.165) is 18.8 Å². The van der Waals surface area contributed by atoms with E-state index in [1.54, 1.807) is 0 Å². The molecule has 1 atom stereocenters. The van der Waals surface area contributed by atoms with Gasteiger partial charge in [-0.05, 0) is 23.9 Å². The molecule has 1 aromatic carbocycles. The maximum absolute atomic E-state index is 5.05. The molecule has 0 aliphatic rings. The first-order valence-corrected chi connectivity index (χ1v) is 7.59. The monoisotopic (exact) mass is 287 g/mol. The number of aromatic nitrogens is 2. The lowest BCUT2D eigenvalue weighted by Gasteiger charge is -2.11. The number of aryl methyl sites for hydroxylation is 1. The second-order valence-corrected chi connectivity index (χ2v) is 5.93. The SMILES string of the molecule is CC[C@H](NCc1cc2ccccc2s1)c1noc(C)n1. The zero-order chi connectivity index (χ0) is 13.9. The summed E-state index contributed by atoms with van der Waals surface area (Å²) in [6.45, 7) is 4.76. The molecule has 4 nitrogen and oxygen atoms in total. The van der Waals surface area contributed by atoms with E-state index in [1.807, 2.05) is 18.3 Å². The van der Waals surface area contributed by atoms with Crippen LogP contribution in [0.2, 0.25) is 0 Å². The predicted octanol–water partition coefficient (Wildman–Crippen LogP) is 3.83. The maximum Gasteiger partial charge on any atom is 0.223 e. The lowest BCUT2D eigenvalue weighted by atomic mass is 10.2. The van der Waals surface area contributed by atoms with Gasteiger partial charge in [0, 0.05) is 23.0 Å². The summed E-state index contributed by atoms with van der Waals surface area (Å²) < 4.78 is 6.38. The highest BCUT2D eigenvalue weighted by Gasteiger charge is 2.15. The number of nitrogens with zero attached hydrogens (tertiary/aromatic N) is 2. The fourth-order valence-corrected chi connectivity index (χ4v) is 3.24. The molecule has 5 heteroatoms. The summed E-state index contributed by atoms with van der Waals surface area (Å²) in [5, 5.41) is 8.80. The Bertz CT molecular complexity index is 671. The summed E-state index contributed by atoms with van der Waals surface area (Å²) in [5.74, 6) is 1.35. The van der Waals surface area contributed by atoms with Crippen LogP contribution in [-0.2, 0) is 6.54 Å². The molecule has 104 valence electrons. The van der Waals surface area contributed by atoms with Crippen molar-refractivity contribution in [2.24, 2.45) is 0 Å². The number of hydrogen-bond acceptors (Lipinski definition) is 5. The third-order valence-corrected chi connectivity index (χ3v) is 4.38. The van der Waals surface area contributed by atoms with E-state index >= 15 is 0 Å². The van der Waals surface area contributed by atoms with Crippen molar-refractivity contribution in [3.8, 4) is 0 Å². The molecule has 0 saturated heterocycles.